The molecule has 2 aromatic rings. The van der Waals surface area contributed by atoms with Crippen molar-refractivity contribution in [1.29, 1.82) is 0 Å². The average molecular weight is 370 g/mol. The summed E-state index contributed by atoms with van der Waals surface area (Å²) in [7, 11) is 0. The Hall–Kier alpha value is -3.55. The van der Waals surface area contributed by atoms with Crippen LogP contribution in [0.25, 0.3) is 0 Å². The summed E-state index contributed by atoms with van der Waals surface area (Å²) in [6.45, 7) is 2.57. The Balaban J connectivity index is 1.92. The molecule has 142 valence electrons. The third-order valence-electron chi connectivity index (χ3n) is 3.35. The van der Waals surface area contributed by atoms with Gasteiger partial charge in [-0.05, 0) is 36.2 Å². The van der Waals surface area contributed by atoms with Gasteiger partial charge in [-0.2, -0.15) is 5.10 Å². The van der Waals surface area contributed by atoms with E-state index in [0.29, 0.717) is 30.2 Å². The van der Waals surface area contributed by atoms with Crippen LogP contribution in [-0.2, 0) is 11.3 Å². The van der Waals surface area contributed by atoms with Crippen molar-refractivity contribution in [3.63, 3.8) is 0 Å². The van der Waals surface area contributed by atoms with Crippen LogP contribution in [0.1, 0.15) is 18.1 Å². The molecule has 0 saturated heterocycles. The Morgan fingerprint density at radius 1 is 1.11 bits per heavy atom. The van der Waals surface area contributed by atoms with E-state index in [0.717, 1.165) is 5.56 Å². The van der Waals surface area contributed by atoms with Gasteiger partial charge in [0.1, 0.15) is 0 Å². The second kappa shape index (κ2) is 10.4. The van der Waals surface area contributed by atoms with E-state index in [1.807, 2.05) is 37.3 Å². The number of amides is 3. The first kappa shape index (κ1) is 19.8. The van der Waals surface area contributed by atoms with E-state index in [1.165, 1.54) is 6.21 Å². The number of nitrogens with one attached hydrogen (secondary N) is 2. The number of ether oxygens (including phenoxy) is 2. The zero-order valence-corrected chi connectivity index (χ0v) is 15.0. The quantitative estimate of drug-likeness (QED) is 0.461. The van der Waals surface area contributed by atoms with Crippen molar-refractivity contribution in [3.05, 3.63) is 59.7 Å². The number of rotatable bonds is 9. The van der Waals surface area contributed by atoms with E-state index in [4.69, 9.17) is 15.2 Å². The number of benzene rings is 2. The third-order valence-corrected chi connectivity index (χ3v) is 3.35. The summed E-state index contributed by atoms with van der Waals surface area (Å²) >= 11 is 0. The van der Waals surface area contributed by atoms with Crippen LogP contribution in [0.4, 0.5) is 4.79 Å². The number of hydrogen-bond donors (Lipinski definition) is 3. The van der Waals surface area contributed by atoms with Crippen LogP contribution < -0.4 is 25.9 Å². The van der Waals surface area contributed by atoms with Gasteiger partial charge in [0.15, 0.2) is 18.1 Å². The summed E-state index contributed by atoms with van der Waals surface area (Å²) in [4.78, 5) is 22.6. The van der Waals surface area contributed by atoms with Gasteiger partial charge in [0.2, 0.25) is 0 Å². The van der Waals surface area contributed by atoms with E-state index in [9.17, 15) is 9.59 Å². The van der Waals surface area contributed by atoms with E-state index in [1.54, 1.807) is 18.2 Å². The van der Waals surface area contributed by atoms with Crippen molar-refractivity contribution in [1.82, 2.24) is 10.7 Å². The molecule has 0 spiro atoms. The molecule has 4 N–H and O–H groups in total. The molecule has 0 aromatic heterocycles. The van der Waals surface area contributed by atoms with Crippen LogP contribution in [0.15, 0.2) is 53.6 Å². The molecule has 0 unspecified atom stereocenters. The fraction of sp³-hybridized carbons (Fsp3) is 0.211. The largest absolute Gasteiger partial charge is 0.490 e. The molecule has 0 aliphatic heterocycles. The lowest BCUT2D eigenvalue weighted by Gasteiger charge is -2.12. The Kier molecular flexibility index (Phi) is 7.65. The summed E-state index contributed by atoms with van der Waals surface area (Å²) in [6.07, 6.45) is 1.42. The minimum Gasteiger partial charge on any atom is -0.490 e. The normalized spacial score (nSPS) is 10.4. The van der Waals surface area contributed by atoms with Crippen molar-refractivity contribution < 1.29 is 19.1 Å². The summed E-state index contributed by atoms with van der Waals surface area (Å²) in [5.74, 6) is 0.667. The lowest BCUT2D eigenvalue weighted by atomic mass is 10.2. The van der Waals surface area contributed by atoms with Crippen LogP contribution in [0.2, 0.25) is 0 Å². The van der Waals surface area contributed by atoms with Crippen molar-refractivity contribution >= 4 is 18.2 Å². The number of carbonyl (C=O) groups is 2. The van der Waals surface area contributed by atoms with Crippen molar-refractivity contribution in [3.8, 4) is 11.5 Å². The number of nitrogens with zero attached hydrogens (tertiary/aromatic N) is 1. The van der Waals surface area contributed by atoms with Gasteiger partial charge >= 0.3 is 6.03 Å². The first-order chi connectivity index (χ1) is 13.1. The zero-order chi connectivity index (χ0) is 19.5. The van der Waals surface area contributed by atoms with Crippen molar-refractivity contribution in [2.45, 2.75) is 13.5 Å². The SMILES string of the molecule is CCOc1cc(C=NNC(N)=O)ccc1OCC(=O)NCc1ccccc1. The number of nitrogens with two attached hydrogens (primary N) is 1. The molecule has 0 bridgehead atoms. The second-order valence-electron chi connectivity index (χ2n) is 5.42. The Labute approximate surface area is 157 Å². The van der Waals surface area contributed by atoms with Crippen LogP contribution >= 0.6 is 0 Å². The van der Waals surface area contributed by atoms with Gasteiger partial charge in [0.25, 0.3) is 5.91 Å². The molecular formula is C19H22N4O4. The molecule has 2 aromatic carbocycles. The molecule has 0 aliphatic rings. The summed E-state index contributed by atoms with van der Waals surface area (Å²) < 4.78 is 11.1. The summed E-state index contributed by atoms with van der Waals surface area (Å²) in [5, 5.41) is 6.48. The molecule has 27 heavy (non-hydrogen) atoms. The highest BCUT2D eigenvalue weighted by Gasteiger charge is 2.09. The summed E-state index contributed by atoms with van der Waals surface area (Å²) in [6, 6.07) is 13.9. The second-order valence-corrected chi connectivity index (χ2v) is 5.42. The van der Waals surface area contributed by atoms with Crippen LogP contribution in [0.3, 0.4) is 0 Å². The van der Waals surface area contributed by atoms with Gasteiger partial charge in [-0.15, -0.1) is 0 Å². The van der Waals surface area contributed by atoms with E-state index in [2.05, 4.69) is 15.8 Å². The fourth-order valence-electron chi connectivity index (χ4n) is 2.15. The van der Waals surface area contributed by atoms with E-state index < -0.39 is 6.03 Å². The Morgan fingerprint density at radius 3 is 2.59 bits per heavy atom. The monoisotopic (exact) mass is 370 g/mol. The molecule has 8 heteroatoms. The molecule has 0 saturated carbocycles. The lowest BCUT2D eigenvalue weighted by Crippen LogP contribution is -2.28. The Morgan fingerprint density at radius 2 is 1.89 bits per heavy atom. The molecule has 2 rings (SSSR count). The van der Waals surface area contributed by atoms with Crippen LogP contribution in [-0.4, -0.2) is 31.4 Å². The molecule has 3 amide bonds. The minimum atomic E-state index is -0.752. The maximum atomic E-state index is 12.0. The van der Waals surface area contributed by atoms with Gasteiger partial charge < -0.3 is 20.5 Å². The molecule has 0 radical (unpaired) electrons. The minimum absolute atomic E-state index is 0.135. The van der Waals surface area contributed by atoms with Gasteiger partial charge in [-0.3, -0.25) is 4.79 Å². The van der Waals surface area contributed by atoms with Crippen LogP contribution in [0.5, 0.6) is 11.5 Å². The zero-order valence-electron chi connectivity index (χ0n) is 15.0. The van der Waals surface area contributed by atoms with E-state index >= 15 is 0 Å². The van der Waals surface area contributed by atoms with Crippen LogP contribution in [0, 0.1) is 0 Å². The molecule has 0 atom stereocenters. The first-order valence-electron chi connectivity index (χ1n) is 8.37. The van der Waals surface area contributed by atoms with Crippen molar-refractivity contribution in [2.24, 2.45) is 10.8 Å². The fourth-order valence-corrected chi connectivity index (χ4v) is 2.15. The number of urea groups is 1. The summed E-state index contributed by atoms with van der Waals surface area (Å²) in [5.41, 5.74) is 8.74. The van der Waals surface area contributed by atoms with Crippen molar-refractivity contribution in [2.75, 3.05) is 13.2 Å². The first-order valence-corrected chi connectivity index (χ1v) is 8.37. The van der Waals surface area contributed by atoms with E-state index in [-0.39, 0.29) is 12.5 Å². The Bertz CT molecular complexity index is 794. The van der Waals surface area contributed by atoms with Gasteiger partial charge in [0, 0.05) is 6.54 Å². The number of hydrazone groups is 1. The topological polar surface area (TPSA) is 115 Å². The highest BCUT2D eigenvalue weighted by atomic mass is 16.5. The lowest BCUT2D eigenvalue weighted by molar-refractivity contribution is -0.123. The highest BCUT2D eigenvalue weighted by molar-refractivity contribution is 5.82. The molecule has 0 aliphatic carbocycles. The van der Waals surface area contributed by atoms with Gasteiger partial charge in [-0.1, -0.05) is 30.3 Å². The maximum absolute atomic E-state index is 12.0. The number of primary amides is 1. The van der Waals surface area contributed by atoms with Gasteiger partial charge in [0.05, 0.1) is 12.8 Å². The maximum Gasteiger partial charge on any atom is 0.332 e. The number of carbonyl (C=O) groups excluding carboxylic acids is 2. The molecule has 0 fully saturated rings. The highest BCUT2D eigenvalue weighted by Crippen LogP contribution is 2.28. The predicted octanol–water partition coefficient (Wildman–Crippen LogP) is 1.78. The number of hydrogen-bond acceptors (Lipinski definition) is 5. The third kappa shape index (κ3) is 7.07. The standard InChI is InChI=1S/C19H22N4O4/c1-2-26-17-10-15(12-22-23-19(20)25)8-9-16(17)27-13-18(24)21-11-14-6-4-3-5-7-14/h3-10,12H,2,11,13H2,1H3,(H,21,24)(H3,20,23,25). The average Bonchev–Trinajstić information content (AvgIpc) is 2.66. The molecule has 0 heterocycles. The van der Waals surface area contributed by atoms with Gasteiger partial charge in [-0.25, -0.2) is 10.2 Å². The molecule has 8 nitrogen and oxygen atoms in total. The predicted molar refractivity (Wildman–Crippen MR) is 102 cm³/mol. The molecular weight excluding hydrogens is 348 g/mol. The smallest absolute Gasteiger partial charge is 0.332 e.